The molecule has 1 aromatic carbocycles. The Bertz CT molecular complexity index is 753. The van der Waals surface area contributed by atoms with Gasteiger partial charge in [0.25, 0.3) is 0 Å². The van der Waals surface area contributed by atoms with Gasteiger partial charge in [0.15, 0.2) is 6.29 Å². The molecule has 2 N–H and O–H groups in total. The van der Waals surface area contributed by atoms with Gasteiger partial charge in [0, 0.05) is 18.8 Å². The fraction of sp³-hybridized carbons (Fsp3) is 0.235. The Morgan fingerprint density at radius 1 is 1.39 bits per heavy atom. The normalized spacial score (nSPS) is 20.0. The van der Waals surface area contributed by atoms with Crippen LogP contribution in [0.2, 0.25) is 0 Å². The minimum atomic E-state index is -0.874. The van der Waals surface area contributed by atoms with Gasteiger partial charge in [0.2, 0.25) is 0 Å². The summed E-state index contributed by atoms with van der Waals surface area (Å²) in [6, 6.07) is 9.96. The molecule has 120 valence electrons. The number of rotatable bonds is 5. The van der Waals surface area contributed by atoms with Crippen molar-refractivity contribution in [3.63, 3.8) is 0 Å². The second-order valence-corrected chi connectivity index (χ2v) is 6.70. The van der Waals surface area contributed by atoms with Crippen LogP contribution in [-0.4, -0.2) is 23.5 Å². The summed E-state index contributed by atoms with van der Waals surface area (Å²) in [5, 5.41) is 0. The van der Waals surface area contributed by atoms with E-state index in [9.17, 15) is 4.79 Å². The van der Waals surface area contributed by atoms with Crippen molar-refractivity contribution in [1.29, 1.82) is 4.78 Å². The lowest BCUT2D eigenvalue weighted by Crippen LogP contribution is -2.31. The van der Waals surface area contributed by atoms with E-state index in [0.29, 0.717) is 18.9 Å². The van der Waals surface area contributed by atoms with Crippen molar-refractivity contribution in [2.45, 2.75) is 17.5 Å². The second kappa shape index (κ2) is 7.04. The maximum absolute atomic E-state index is 11.2. The van der Waals surface area contributed by atoms with Crippen molar-refractivity contribution < 1.29 is 9.53 Å². The summed E-state index contributed by atoms with van der Waals surface area (Å²) in [6.45, 7) is 1.03. The van der Waals surface area contributed by atoms with Crippen molar-refractivity contribution in [2.75, 3.05) is 6.61 Å². The molecule has 2 aromatic rings. The Morgan fingerprint density at radius 2 is 2.17 bits per heavy atom. The number of nitrogens with zero attached hydrogens (tertiary/aromatic N) is 1. The largest absolute Gasteiger partial charge is 0.375 e. The van der Waals surface area contributed by atoms with E-state index in [1.54, 1.807) is 4.57 Å². The number of aldehydes is 1. The van der Waals surface area contributed by atoms with Gasteiger partial charge < -0.3 is 9.30 Å². The Balaban J connectivity index is 1.67. The Hall–Kier alpha value is -2.02. The number of hydrogen-bond acceptors (Lipinski definition) is 3. The SMILES string of the molecule is Cn1cc2c(c1C=O)C=CC(COCc1ccccc1)NS2=N. The average Bonchev–Trinajstić information content (AvgIpc) is 2.81. The molecule has 0 bridgehead atoms. The molecule has 0 fully saturated rings. The maximum Gasteiger partial charge on any atom is 0.167 e. The van der Waals surface area contributed by atoms with E-state index in [1.807, 2.05) is 55.7 Å². The van der Waals surface area contributed by atoms with Gasteiger partial charge in [-0.15, -0.1) is 0 Å². The van der Waals surface area contributed by atoms with Crippen molar-refractivity contribution in [3.8, 4) is 0 Å². The first-order valence-electron chi connectivity index (χ1n) is 7.35. The first-order valence-corrected chi connectivity index (χ1v) is 8.57. The van der Waals surface area contributed by atoms with E-state index in [0.717, 1.165) is 22.3 Å². The van der Waals surface area contributed by atoms with Crippen LogP contribution in [0.15, 0.2) is 47.5 Å². The van der Waals surface area contributed by atoms with Crippen molar-refractivity contribution >= 4 is 23.2 Å². The minimum Gasteiger partial charge on any atom is -0.375 e. The van der Waals surface area contributed by atoms with Crippen molar-refractivity contribution in [1.82, 2.24) is 9.29 Å². The highest BCUT2D eigenvalue weighted by atomic mass is 32.2. The summed E-state index contributed by atoms with van der Waals surface area (Å²) >= 11 is 0. The number of aromatic nitrogens is 1. The number of benzene rings is 1. The molecule has 1 aliphatic heterocycles. The van der Waals surface area contributed by atoms with Crippen LogP contribution in [-0.2, 0) is 29.3 Å². The molecular weight excluding hydrogens is 310 g/mol. The first kappa shape index (κ1) is 15.9. The summed E-state index contributed by atoms with van der Waals surface area (Å²) in [4.78, 5) is 12.1. The highest BCUT2D eigenvalue weighted by molar-refractivity contribution is 7.84. The number of nitrogens with one attached hydrogen (secondary N) is 2. The summed E-state index contributed by atoms with van der Waals surface area (Å²) in [5.41, 5.74) is 2.56. The molecule has 0 saturated heterocycles. The zero-order valence-corrected chi connectivity index (χ0v) is 13.7. The molecule has 6 heteroatoms. The second-order valence-electron chi connectivity index (χ2n) is 5.41. The fourth-order valence-electron chi connectivity index (χ4n) is 2.54. The molecule has 2 unspecified atom stereocenters. The van der Waals surface area contributed by atoms with E-state index >= 15 is 0 Å². The third-order valence-corrected chi connectivity index (χ3v) is 5.04. The smallest absolute Gasteiger partial charge is 0.167 e. The van der Waals surface area contributed by atoms with Crippen LogP contribution < -0.4 is 4.72 Å². The zero-order valence-electron chi connectivity index (χ0n) is 12.9. The summed E-state index contributed by atoms with van der Waals surface area (Å²) < 4.78 is 19.1. The summed E-state index contributed by atoms with van der Waals surface area (Å²) in [6.07, 6.45) is 6.58. The van der Waals surface area contributed by atoms with Gasteiger partial charge in [-0.05, 0) is 16.4 Å². The topological polar surface area (TPSA) is 67.1 Å². The summed E-state index contributed by atoms with van der Waals surface area (Å²) in [7, 11) is 0.949. The maximum atomic E-state index is 11.2. The van der Waals surface area contributed by atoms with Gasteiger partial charge in [-0.3, -0.25) is 9.57 Å². The number of hydrogen-bond donors (Lipinski definition) is 2. The van der Waals surface area contributed by atoms with Gasteiger partial charge >= 0.3 is 0 Å². The lowest BCUT2D eigenvalue weighted by atomic mass is 10.2. The number of carbonyl (C=O) groups excluding carboxylic acids is 1. The van der Waals surface area contributed by atoms with E-state index in [4.69, 9.17) is 9.52 Å². The molecular formula is C17H19N3O2S. The predicted octanol–water partition coefficient (Wildman–Crippen LogP) is 2.69. The molecule has 0 aliphatic carbocycles. The van der Waals surface area contributed by atoms with Crippen molar-refractivity contribution in [2.24, 2.45) is 7.05 Å². The molecule has 2 atom stereocenters. The van der Waals surface area contributed by atoms with E-state index < -0.39 is 10.9 Å². The third-order valence-electron chi connectivity index (χ3n) is 3.74. The molecule has 5 nitrogen and oxygen atoms in total. The van der Waals surface area contributed by atoms with Gasteiger partial charge in [-0.25, -0.2) is 4.72 Å². The predicted molar refractivity (Wildman–Crippen MR) is 91.2 cm³/mol. The molecule has 0 saturated carbocycles. The third kappa shape index (κ3) is 3.50. The van der Waals surface area contributed by atoms with Crippen LogP contribution in [0.1, 0.15) is 21.6 Å². The van der Waals surface area contributed by atoms with Crippen LogP contribution >= 0.6 is 0 Å². The molecule has 0 spiro atoms. The Morgan fingerprint density at radius 3 is 2.91 bits per heavy atom. The van der Waals surface area contributed by atoms with Crippen LogP contribution in [0.25, 0.3) is 6.08 Å². The lowest BCUT2D eigenvalue weighted by Gasteiger charge is -2.14. The van der Waals surface area contributed by atoms with Crippen LogP contribution in [0.3, 0.4) is 0 Å². The zero-order chi connectivity index (χ0) is 16.2. The van der Waals surface area contributed by atoms with Crippen molar-refractivity contribution in [3.05, 3.63) is 59.4 Å². The quantitative estimate of drug-likeness (QED) is 0.829. The van der Waals surface area contributed by atoms with Crippen LogP contribution in [0.4, 0.5) is 0 Å². The average molecular weight is 329 g/mol. The minimum absolute atomic E-state index is 0.0447. The Labute approximate surface area is 138 Å². The monoisotopic (exact) mass is 329 g/mol. The molecule has 1 aliphatic rings. The number of carbonyl (C=O) groups is 1. The number of aryl methyl sites for hydroxylation is 1. The fourth-order valence-corrected chi connectivity index (χ4v) is 3.77. The van der Waals surface area contributed by atoms with E-state index in [2.05, 4.69) is 4.72 Å². The Kier molecular flexibility index (Phi) is 4.85. The first-order chi connectivity index (χ1) is 11.2. The van der Waals surface area contributed by atoms with Crippen LogP contribution in [0, 0.1) is 4.78 Å². The van der Waals surface area contributed by atoms with Gasteiger partial charge in [0.1, 0.15) is 0 Å². The lowest BCUT2D eigenvalue weighted by molar-refractivity contribution is 0.111. The molecule has 1 aromatic heterocycles. The van der Waals surface area contributed by atoms with Gasteiger partial charge in [-0.2, -0.15) is 0 Å². The molecule has 2 heterocycles. The van der Waals surface area contributed by atoms with E-state index in [-0.39, 0.29) is 6.04 Å². The highest BCUT2D eigenvalue weighted by Crippen LogP contribution is 2.23. The molecule has 23 heavy (non-hydrogen) atoms. The van der Waals surface area contributed by atoms with E-state index in [1.165, 1.54) is 0 Å². The number of ether oxygens (including phenoxy) is 1. The molecule has 0 amide bonds. The van der Waals surface area contributed by atoms with Gasteiger partial charge in [0.05, 0.1) is 29.8 Å². The summed E-state index contributed by atoms with van der Waals surface area (Å²) in [5.74, 6) is 0. The molecule has 3 rings (SSSR count). The number of fused-ring (bicyclic) bond motifs is 1. The molecule has 0 radical (unpaired) electrons. The highest BCUT2D eigenvalue weighted by Gasteiger charge is 2.20. The van der Waals surface area contributed by atoms with Gasteiger partial charge in [-0.1, -0.05) is 42.5 Å². The standard InChI is InChI=1S/C17H19N3O2S/c1-20-9-17-15(16(20)10-21)8-7-14(19-23(17)18)12-22-11-13-5-3-2-4-6-13/h2-10,14H,11-12H2,1H3,(H2,18,19). The van der Waals surface area contributed by atoms with Crippen LogP contribution in [0.5, 0.6) is 0 Å².